The molecule has 1 amide bonds. The first kappa shape index (κ1) is 18.9. The van der Waals surface area contributed by atoms with E-state index < -0.39 is 0 Å². The standard InChI is InChI=1S/C24H22N2O3S/c1-14-6-8-16(9-7-14)24(28)29-17-12-10-15(11-13-17)21-25-22(27)20-18-4-2-3-5-19(18)30-23(20)26-21/h6-13,21,26H,2-5H2,1H3,(H,25,27)/t21-/m0/s1. The number of aryl methyl sites for hydroxylation is 2. The smallest absolute Gasteiger partial charge is 0.343 e. The topological polar surface area (TPSA) is 67.4 Å². The van der Waals surface area contributed by atoms with Crippen molar-refractivity contribution in [3.05, 3.63) is 81.2 Å². The Labute approximate surface area is 179 Å². The number of nitrogens with one attached hydrogen (secondary N) is 2. The highest BCUT2D eigenvalue weighted by Gasteiger charge is 2.31. The van der Waals surface area contributed by atoms with Crippen LogP contribution in [0.25, 0.3) is 0 Å². The maximum Gasteiger partial charge on any atom is 0.343 e. The molecule has 2 aromatic carbocycles. The third-order valence-corrected chi connectivity index (χ3v) is 6.88. The molecule has 0 unspecified atom stereocenters. The fourth-order valence-corrected chi connectivity index (χ4v) is 5.34. The zero-order valence-electron chi connectivity index (χ0n) is 16.7. The summed E-state index contributed by atoms with van der Waals surface area (Å²) in [5, 5.41) is 7.50. The largest absolute Gasteiger partial charge is 0.423 e. The van der Waals surface area contributed by atoms with Crippen LogP contribution in [0.5, 0.6) is 5.75 Å². The molecule has 0 saturated carbocycles. The average Bonchev–Trinajstić information content (AvgIpc) is 3.13. The molecule has 0 spiro atoms. The van der Waals surface area contributed by atoms with Gasteiger partial charge in [0, 0.05) is 4.88 Å². The molecule has 0 fully saturated rings. The van der Waals surface area contributed by atoms with E-state index in [1.807, 2.05) is 31.2 Å². The number of amides is 1. The predicted molar refractivity (Wildman–Crippen MR) is 117 cm³/mol. The Morgan fingerprint density at radius 1 is 1.00 bits per heavy atom. The predicted octanol–water partition coefficient (Wildman–Crippen LogP) is 5.01. The van der Waals surface area contributed by atoms with Crippen molar-refractivity contribution in [1.29, 1.82) is 0 Å². The molecule has 3 aromatic rings. The number of thiophene rings is 1. The second-order valence-corrected chi connectivity index (χ2v) is 8.90. The number of ether oxygens (including phenoxy) is 1. The molecule has 2 N–H and O–H groups in total. The number of rotatable bonds is 3. The number of benzene rings is 2. The molecule has 152 valence electrons. The highest BCUT2D eigenvalue weighted by Crippen LogP contribution is 2.41. The van der Waals surface area contributed by atoms with Crippen LogP contribution in [-0.4, -0.2) is 11.9 Å². The minimum atomic E-state index is -0.388. The first-order chi connectivity index (χ1) is 14.6. The Morgan fingerprint density at radius 2 is 1.73 bits per heavy atom. The van der Waals surface area contributed by atoms with E-state index in [4.69, 9.17) is 4.74 Å². The lowest BCUT2D eigenvalue weighted by atomic mass is 9.94. The van der Waals surface area contributed by atoms with Gasteiger partial charge in [0.1, 0.15) is 16.9 Å². The Morgan fingerprint density at radius 3 is 2.50 bits per heavy atom. The van der Waals surface area contributed by atoms with Crippen molar-refractivity contribution in [3.63, 3.8) is 0 Å². The number of carbonyl (C=O) groups excluding carboxylic acids is 2. The highest BCUT2D eigenvalue weighted by atomic mass is 32.1. The number of esters is 1. The van der Waals surface area contributed by atoms with Gasteiger partial charge in [-0.05, 0) is 68.0 Å². The van der Waals surface area contributed by atoms with Crippen molar-refractivity contribution in [2.75, 3.05) is 5.32 Å². The summed E-state index contributed by atoms with van der Waals surface area (Å²) in [5.41, 5.74) is 4.57. The average molecular weight is 419 g/mol. The molecule has 0 bridgehead atoms. The van der Waals surface area contributed by atoms with Gasteiger partial charge in [0.15, 0.2) is 0 Å². The summed E-state index contributed by atoms with van der Waals surface area (Å²) >= 11 is 1.71. The Bertz CT molecular complexity index is 1120. The monoisotopic (exact) mass is 418 g/mol. The van der Waals surface area contributed by atoms with Crippen molar-refractivity contribution in [3.8, 4) is 5.75 Å². The van der Waals surface area contributed by atoms with Gasteiger partial charge in [-0.25, -0.2) is 4.79 Å². The summed E-state index contributed by atoms with van der Waals surface area (Å²) in [6, 6.07) is 14.5. The van der Waals surface area contributed by atoms with Gasteiger partial charge in [0.05, 0.1) is 11.1 Å². The van der Waals surface area contributed by atoms with Gasteiger partial charge in [-0.15, -0.1) is 11.3 Å². The van der Waals surface area contributed by atoms with Crippen LogP contribution >= 0.6 is 11.3 Å². The van der Waals surface area contributed by atoms with Gasteiger partial charge in [-0.1, -0.05) is 29.8 Å². The van der Waals surface area contributed by atoms with Crippen LogP contribution in [0, 0.1) is 6.92 Å². The van der Waals surface area contributed by atoms with E-state index in [9.17, 15) is 9.59 Å². The molecule has 2 heterocycles. The van der Waals surface area contributed by atoms with Crippen molar-refractivity contribution in [2.24, 2.45) is 0 Å². The van der Waals surface area contributed by atoms with E-state index in [2.05, 4.69) is 10.6 Å². The van der Waals surface area contributed by atoms with Crippen LogP contribution in [-0.2, 0) is 12.8 Å². The highest BCUT2D eigenvalue weighted by molar-refractivity contribution is 7.16. The minimum absolute atomic E-state index is 0.0111. The van der Waals surface area contributed by atoms with Crippen LogP contribution in [0.15, 0.2) is 48.5 Å². The van der Waals surface area contributed by atoms with Crippen molar-refractivity contribution < 1.29 is 14.3 Å². The fraction of sp³-hybridized carbons (Fsp3) is 0.250. The number of anilines is 1. The quantitative estimate of drug-likeness (QED) is 0.464. The molecule has 1 aliphatic carbocycles. The molecule has 6 heteroatoms. The van der Waals surface area contributed by atoms with E-state index in [1.165, 1.54) is 16.9 Å². The van der Waals surface area contributed by atoms with Crippen molar-refractivity contribution >= 4 is 28.2 Å². The Kier molecular flexibility index (Phi) is 4.79. The van der Waals surface area contributed by atoms with Gasteiger partial charge in [-0.2, -0.15) is 0 Å². The van der Waals surface area contributed by atoms with Crippen molar-refractivity contribution in [1.82, 2.24) is 5.32 Å². The van der Waals surface area contributed by atoms with E-state index in [1.54, 1.807) is 35.6 Å². The molecular weight excluding hydrogens is 396 g/mol. The molecule has 1 aliphatic heterocycles. The van der Waals surface area contributed by atoms with E-state index in [0.717, 1.165) is 41.0 Å². The zero-order valence-corrected chi connectivity index (χ0v) is 17.5. The van der Waals surface area contributed by atoms with Crippen LogP contribution < -0.4 is 15.4 Å². The first-order valence-electron chi connectivity index (χ1n) is 10.2. The summed E-state index contributed by atoms with van der Waals surface area (Å²) in [7, 11) is 0. The molecule has 2 aliphatic rings. The second-order valence-electron chi connectivity index (χ2n) is 7.79. The number of hydrogen-bond donors (Lipinski definition) is 2. The lowest BCUT2D eigenvalue weighted by Crippen LogP contribution is -2.38. The third kappa shape index (κ3) is 3.48. The van der Waals surface area contributed by atoms with Crippen LogP contribution in [0.3, 0.4) is 0 Å². The number of carbonyl (C=O) groups is 2. The summed E-state index contributed by atoms with van der Waals surface area (Å²) in [4.78, 5) is 26.4. The number of fused-ring (bicyclic) bond motifs is 3. The third-order valence-electron chi connectivity index (χ3n) is 5.66. The molecule has 5 nitrogen and oxygen atoms in total. The maximum atomic E-state index is 12.8. The summed E-state index contributed by atoms with van der Waals surface area (Å²) in [6.07, 6.45) is 4.10. The lowest BCUT2D eigenvalue weighted by molar-refractivity contribution is 0.0734. The molecule has 0 saturated heterocycles. The van der Waals surface area contributed by atoms with Gasteiger partial charge < -0.3 is 15.4 Å². The molecule has 0 radical (unpaired) electrons. The Balaban J connectivity index is 1.31. The van der Waals surface area contributed by atoms with E-state index in [0.29, 0.717) is 11.3 Å². The van der Waals surface area contributed by atoms with Crippen LogP contribution in [0.4, 0.5) is 5.00 Å². The minimum Gasteiger partial charge on any atom is -0.423 e. The summed E-state index contributed by atoms with van der Waals surface area (Å²) < 4.78 is 5.47. The lowest BCUT2D eigenvalue weighted by Gasteiger charge is -2.27. The van der Waals surface area contributed by atoms with Gasteiger partial charge in [0.2, 0.25) is 0 Å². The van der Waals surface area contributed by atoms with E-state index >= 15 is 0 Å². The van der Waals surface area contributed by atoms with Crippen molar-refractivity contribution in [2.45, 2.75) is 38.8 Å². The molecule has 1 atom stereocenters. The SMILES string of the molecule is Cc1ccc(C(=O)Oc2ccc([C@H]3NC(=O)c4c(sc5c4CCCC5)N3)cc2)cc1. The first-order valence-corrected chi connectivity index (χ1v) is 11.0. The summed E-state index contributed by atoms with van der Waals surface area (Å²) in [6.45, 7) is 1.97. The Hall–Kier alpha value is -3.12. The van der Waals surface area contributed by atoms with Gasteiger partial charge in [0.25, 0.3) is 5.91 Å². The van der Waals surface area contributed by atoms with Gasteiger partial charge >= 0.3 is 5.97 Å². The summed E-state index contributed by atoms with van der Waals surface area (Å²) in [5.74, 6) is 0.0717. The molecular formula is C24H22N2O3S. The van der Waals surface area contributed by atoms with Gasteiger partial charge in [-0.3, -0.25) is 4.79 Å². The zero-order chi connectivity index (χ0) is 20.7. The van der Waals surface area contributed by atoms with E-state index in [-0.39, 0.29) is 18.0 Å². The van der Waals surface area contributed by atoms with Crippen LogP contribution in [0.2, 0.25) is 0 Å². The normalized spacial score (nSPS) is 17.4. The maximum absolute atomic E-state index is 12.8. The molecule has 30 heavy (non-hydrogen) atoms. The van der Waals surface area contributed by atoms with Crippen LogP contribution in [0.1, 0.15) is 61.3 Å². The molecule has 1 aromatic heterocycles. The second kappa shape index (κ2) is 7.61. The fourth-order valence-electron chi connectivity index (χ4n) is 4.03. The molecule has 5 rings (SSSR count). The number of hydrogen-bond acceptors (Lipinski definition) is 5.